The molecule has 1 aromatic rings. The number of nitrogens with one attached hydrogen (secondary N) is 2. The summed E-state index contributed by atoms with van der Waals surface area (Å²) in [6.07, 6.45) is 1.05. The van der Waals surface area contributed by atoms with E-state index in [-0.39, 0.29) is 24.0 Å². The Hall–Kier alpha value is -1.06. The van der Waals surface area contributed by atoms with Crippen molar-refractivity contribution in [2.24, 2.45) is 4.99 Å². The highest BCUT2D eigenvalue weighted by Crippen LogP contribution is 2.18. The summed E-state index contributed by atoms with van der Waals surface area (Å²) >= 11 is 0. The van der Waals surface area contributed by atoms with Crippen LogP contribution in [0.2, 0.25) is 0 Å². The monoisotopic (exact) mass is 478 g/mol. The molecule has 0 atom stereocenters. The van der Waals surface area contributed by atoms with E-state index in [1.807, 2.05) is 6.07 Å². The van der Waals surface area contributed by atoms with Crippen molar-refractivity contribution in [3.63, 3.8) is 0 Å². The molecule has 0 radical (unpaired) electrons. The van der Waals surface area contributed by atoms with E-state index in [4.69, 9.17) is 9.47 Å². The lowest BCUT2D eigenvalue weighted by Gasteiger charge is -2.18. The van der Waals surface area contributed by atoms with E-state index < -0.39 is 0 Å². The number of nitrogens with zero attached hydrogens (tertiary/aromatic N) is 2. The molecule has 26 heavy (non-hydrogen) atoms. The molecule has 6 nitrogen and oxygen atoms in total. The van der Waals surface area contributed by atoms with E-state index in [1.165, 1.54) is 5.56 Å². The maximum absolute atomic E-state index is 5.30. The van der Waals surface area contributed by atoms with Crippen LogP contribution in [0, 0.1) is 6.92 Å². The van der Waals surface area contributed by atoms with Gasteiger partial charge < -0.3 is 25.0 Å². The Bertz CT molecular complexity index is 526. The van der Waals surface area contributed by atoms with Crippen LogP contribution in [0.5, 0.6) is 5.75 Å². The van der Waals surface area contributed by atoms with Gasteiger partial charge in [-0.2, -0.15) is 0 Å². The van der Waals surface area contributed by atoms with Gasteiger partial charge in [0.05, 0.1) is 13.7 Å². The number of benzene rings is 1. The normalized spacial score (nSPS) is 11.2. The molecule has 0 saturated heterocycles. The summed E-state index contributed by atoms with van der Waals surface area (Å²) in [7, 11) is 5.56. The van der Waals surface area contributed by atoms with E-state index >= 15 is 0 Å². The summed E-state index contributed by atoms with van der Waals surface area (Å²) in [5, 5.41) is 6.68. The lowest BCUT2D eigenvalue weighted by atomic mass is 10.1. The number of ether oxygens (including phenoxy) is 2. The van der Waals surface area contributed by atoms with Gasteiger partial charge in [0.25, 0.3) is 0 Å². The summed E-state index contributed by atoms with van der Waals surface area (Å²) in [5.41, 5.74) is 2.30. The first-order chi connectivity index (χ1) is 12.1. The molecule has 1 rings (SSSR count). The molecule has 2 N–H and O–H groups in total. The van der Waals surface area contributed by atoms with Crippen molar-refractivity contribution >= 4 is 29.9 Å². The summed E-state index contributed by atoms with van der Waals surface area (Å²) in [6, 6.07) is 6.17. The van der Waals surface area contributed by atoms with Gasteiger partial charge in [-0.05, 0) is 44.5 Å². The smallest absolute Gasteiger partial charge is 0.191 e. The van der Waals surface area contributed by atoms with Crippen molar-refractivity contribution in [2.45, 2.75) is 26.8 Å². The Morgan fingerprint density at radius 2 is 1.96 bits per heavy atom. The van der Waals surface area contributed by atoms with Gasteiger partial charge in [-0.3, -0.25) is 0 Å². The number of aryl methyl sites for hydroxylation is 1. The third kappa shape index (κ3) is 10.2. The third-order valence-electron chi connectivity index (χ3n) is 3.90. The molecule has 0 saturated carbocycles. The molecule has 0 aliphatic rings. The van der Waals surface area contributed by atoms with Gasteiger partial charge in [0.1, 0.15) is 5.75 Å². The van der Waals surface area contributed by atoms with E-state index in [1.54, 1.807) is 14.2 Å². The molecule has 150 valence electrons. The maximum atomic E-state index is 5.30. The second-order valence-corrected chi connectivity index (χ2v) is 6.08. The SMILES string of the molecule is CCNC(=NCc1ccc(OC)c(C)c1)NCCN(C)CCCOC.I. The zero-order valence-electron chi connectivity index (χ0n) is 16.8. The van der Waals surface area contributed by atoms with Gasteiger partial charge >= 0.3 is 0 Å². The van der Waals surface area contributed by atoms with E-state index in [2.05, 4.69) is 53.6 Å². The van der Waals surface area contributed by atoms with Crippen molar-refractivity contribution in [2.75, 3.05) is 54.1 Å². The second kappa shape index (κ2) is 15.0. The van der Waals surface area contributed by atoms with Crippen LogP contribution in [0.4, 0.5) is 0 Å². The van der Waals surface area contributed by atoms with Gasteiger partial charge in [0, 0.05) is 39.9 Å². The minimum Gasteiger partial charge on any atom is -0.496 e. The number of guanidine groups is 1. The van der Waals surface area contributed by atoms with Gasteiger partial charge in [0.2, 0.25) is 0 Å². The molecule has 0 bridgehead atoms. The Morgan fingerprint density at radius 3 is 2.58 bits per heavy atom. The molecule has 0 spiro atoms. The lowest BCUT2D eigenvalue weighted by Crippen LogP contribution is -2.41. The molecule has 7 heteroatoms. The molecule has 0 aromatic heterocycles. The largest absolute Gasteiger partial charge is 0.496 e. The highest BCUT2D eigenvalue weighted by atomic mass is 127. The molecule has 0 heterocycles. The van der Waals surface area contributed by atoms with Crippen molar-refractivity contribution in [1.82, 2.24) is 15.5 Å². The zero-order chi connectivity index (χ0) is 18.5. The number of halogens is 1. The Balaban J connectivity index is 0.00000625. The van der Waals surface area contributed by atoms with Crippen LogP contribution in [-0.2, 0) is 11.3 Å². The molecule has 0 aliphatic carbocycles. The number of hydrogen-bond donors (Lipinski definition) is 2. The van der Waals surface area contributed by atoms with Gasteiger partial charge in [-0.25, -0.2) is 4.99 Å². The highest BCUT2D eigenvalue weighted by Gasteiger charge is 2.02. The zero-order valence-corrected chi connectivity index (χ0v) is 19.1. The average Bonchev–Trinajstić information content (AvgIpc) is 2.60. The highest BCUT2D eigenvalue weighted by molar-refractivity contribution is 14.0. The maximum Gasteiger partial charge on any atom is 0.191 e. The minimum atomic E-state index is 0. The Kier molecular flexibility index (Phi) is 14.4. The molecule has 0 aliphatic heterocycles. The number of hydrogen-bond acceptors (Lipinski definition) is 4. The number of rotatable bonds is 11. The van der Waals surface area contributed by atoms with E-state index in [0.29, 0.717) is 6.54 Å². The van der Waals surface area contributed by atoms with Crippen LogP contribution >= 0.6 is 24.0 Å². The van der Waals surface area contributed by atoms with Gasteiger partial charge in [-0.15, -0.1) is 24.0 Å². The van der Waals surface area contributed by atoms with Crippen molar-refractivity contribution in [3.05, 3.63) is 29.3 Å². The van der Waals surface area contributed by atoms with Gasteiger partial charge in [-0.1, -0.05) is 12.1 Å². The van der Waals surface area contributed by atoms with Crippen LogP contribution < -0.4 is 15.4 Å². The van der Waals surface area contributed by atoms with Crippen LogP contribution in [0.25, 0.3) is 0 Å². The molecule has 1 aromatic carbocycles. The summed E-state index contributed by atoms with van der Waals surface area (Å²) < 4.78 is 10.4. The van der Waals surface area contributed by atoms with E-state index in [0.717, 1.165) is 56.5 Å². The first-order valence-electron chi connectivity index (χ1n) is 8.93. The number of likely N-dealkylation sites (N-methyl/N-ethyl adjacent to an activating group) is 1. The topological polar surface area (TPSA) is 58.1 Å². The molecule has 0 fully saturated rings. The Labute approximate surface area is 175 Å². The third-order valence-corrected chi connectivity index (χ3v) is 3.90. The Morgan fingerprint density at radius 1 is 1.19 bits per heavy atom. The van der Waals surface area contributed by atoms with Crippen LogP contribution in [-0.4, -0.2) is 64.9 Å². The summed E-state index contributed by atoms with van der Waals surface area (Å²) in [6.45, 7) is 9.28. The van der Waals surface area contributed by atoms with Crippen LogP contribution in [0.1, 0.15) is 24.5 Å². The summed E-state index contributed by atoms with van der Waals surface area (Å²) in [4.78, 5) is 6.96. The summed E-state index contributed by atoms with van der Waals surface area (Å²) in [5.74, 6) is 1.76. The van der Waals surface area contributed by atoms with Crippen molar-refractivity contribution in [1.29, 1.82) is 0 Å². The molecular formula is C19H35IN4O2. The van der Waals surface area contributed by atoms with E-state index in [9.17, 15) is 0 Å². The minimum absolute atomic E-state index is 0. The number of methoxy groups -OCH3 is 2. The first kappa shape index (κ1) is 24.9. The first-order valence-corrected chi connectivity index (χ1v) is 8.93. The predicted octanol–water partition coefficient (Wildman–Crippen LogP) is 2.65. The second-order valence-electron chi connectivity index (χ2n) is 6.08. The predicted molar refractivity (Wildman–Crippen MR) is 120 cm³/mol. The fourth-order valence-corrected chi connectivity index (χ4v) is 2.51. The van der Waals surface area contributed by atoms with Crippen LogP contribution in [0.3, 0.4) is 0 Å². The lowest BCUT2D eigenvalue weighted by molar-refractivity contribution is 0.180. The number of aliphatic imine (C=N–C) groups is 1. The fourth-order valence-electron chi connectivity index (χ4n) is 2.51. The fraction of sp³-hybridized carbons (Fsp3) is 0.632. The van der Waals surface area contributed by atoms with Crippen molar-refractivity contribution in [3.8, 4) is 5.75 Å². The van der Waals surface area contributed by atoms with Crippen LogP contribution in [0.15, 0.2) is 23.2 Å². The quantitative estimate of drug-likeness (QED) is 0.222. The standard InChI is InChI=1S/C19H34N4O2.HI/c1-6-20-19(21-10-12-23(3)11-7-13-24-4)22-15-17-8-9-18(25-5)16(2)14-17;/h8-9,14H,6-7,10-13,15H2,1-5H3,(H2,20,21,22);1H. The molecule has 0 amide bonds. The van der Waals surface area contributed by atoms with Crippen molar-refractivity contribution < 1.29 is 9.47 Å². The average molecular weight is 478 g/mol. The molecule has 0 unspecified atom stereocenters. The van der Waals surface area contributed by atoms with Gasteiger partial charge in [0.15, 0.2) is 5.96 Å². The molecular weight excluding hydrogens is 443 g/mol.